The van der Waals surface area contributed by atoms with Crippen LogP contribution in [-0.4, -0.2) is 69.7 Å². The Balaban J connectivity index is 1.50. The van der Waals surface area contributed by atoms with Crippen molar-refractivity contribution in [2.75, 3.05) is 51.3 Å². The maximum atomic E-state index is 12.9. The minimum Gasteiger partial charge on any atom is -0.476 e. The average Bonchev–Trinajstić information content (AvgIpc) is 2.66. The Bertz CT molecular complexity index is 855. The fourth-order valence-electron chi connectivity index (χ4n) is 2.65. The second-order valence-corrected chi connectivity index (χ2v) is 7.97. The smallest absolute Gasteiger partial charge is 0.240 e. The summed E-state index contributed by atoms with van der Waals surface area (Å²) in [6, 6.07) is 6.38. The molecule has 2 aromatic rings. The molecule has 1 aliphatic rings. The second kappa shape index (κ2) is 8.59. The Labute approximate surface area is 158 Å². The van der Waals surface area contributed by atoms with E-state index in [1.807, 2.05) is 0 Å². The highest BCUT2D eigenvalue weighted by molar-refractivity contribution is 7.89. The maximum Gasteiger partial charge on any atom is 0.240 e. The van der Waals surface area contributed by atoms with Crippen molar-refractivity contribution < 1.29 is 17.5 Å². The molecule has 1 fully saturated rings. The number of nitrogens with one attached hydrogen (secondary N) is 1. The van der Waals surface area contributed by atoms with Gasteiger partial charge in [-0.05, 0) is 31.3 Å². The number of aromatic nitrogens is 2. The van der Waals surface area contributed by atoms with Crippen LogP contribution in [0.3, 0.4) is 0 Å². The van der Waals surface area contributed by atoms with Gasteiger partial charge in [-0.3, -0.25) is 0 Å². The summed E-state index contributed by atoms with van der Waals surface area (Å²) in [5.74, 6) is 0.692. The number of halogens is 1. The van der Waals surface area contributed by atoms with Crippen LogP contribution in [0.25, 0.3) is 0 Å². The topological polar surface area (TPSA) is 87.7 Å². The number of likely N-dealkylation sites (N-methyl/N-ethyl adjacent to an activating group) is 1. The summed E-state index contributed by atoms with van der Waals surface area (Å²) in [7, 11) is -1.62. The molecule has 0 bridgehead atoms. The second-order valence-electron chi connectivity index (χ2n) is 6.20. The van der Waals surface area contributed by atoms with Gasteiger partial charge in [-0.25, -0.2) is 27.5 Å². The van der Waals surface area contributed by atoms with Crippen molar-refractivity contribution in [3.8, 4) is 5.88 Å². The average molecular weight is 395 g/mol. The van der Waals surface area contributed by atoms with Gasteiger partial charge in [-0.15, -0.1) is 0 Å². The Kier molecular flexibility index (Phi) is 6.19. The first kappa shape index (κ1) is 19.5. The number of anilines is 1. The lowest BCUT2D eigenvalue weighted by atomic mass is 10.3. The quantitative estimate of drug-likeness (QED) is 0.692. The molecule has 0 radical (unpaired) electrons. The standard InChI is InChI=1S/C17H22FN5O3S/c1-22-7-9-23(10-8-22)16-12-17(20-13-19-16)26-11-6-21-27(24,25)15-4-2-14(18)3-5-15/h2-5,12-13,21H,6-11H2,1H3. The summed E-state index contributed by atoms with van der Waals surface area (Å²) in [5, 5.41) is 0. The minimum atomic E-state index is -3.70. The molecule has 0 saturated carbocycles. The SMILES string of the molecule is CN1CCN(c2cc(OCCNS(=O)(=O)c3ccc(F)cc3)ncn2)CC1. The predicted molar refractivity (Wildman–Crippen MR) is 98.8 cm³/mol. The number of ether oxygens (including phenoxy) is 1. The van der Waals surface area contributed by atoms with E-state index in [0.29, 0.717) is 5.88 Å². The minimum absolute atomic E-state index is 0.00305. The number of sulfonamides is 1. The fraction of sp³-hybridized carbons (Fsp3) is 0.412. The van der Waals surface area contributed by atoms with Crippen LogP contribution in [0.2, 0.25) is 0 Å². The molecule has 2 heterocycles. The summed E-state index contributed by atoms with van der Waals surface area (Å²) < 4.78 is 45.1. The molecule has 27 heavy (non-hydrogen) atoms. The van der Waals surface area contributed by atoms with Crippen molar-refractivity contribution >= 4 is 15.8 Å². The maximum absolute atomic E-state index is 12.9. The van der Waals surface area contributed by atoms with Crippen molar-refractivity contribution in [1.29, 1.82) is 0 Å². The lowest BCUT2D eigenvalue weighted by molar-refractivity contribution is 0.305. The third kappa shape index (κ3) is 5.34. The highest BCUT2D eigenvalue weighted by Crippen LogP contribution is 2.17. The van der Waals surface area contributed by atoms with Crippen molar-refractivity contribution in [2.45, 2.75) is 4.90 Å². The Morgan fingerprint density at radius 1 is 1.15 bits per heavy atom. The van der Waals surface area contributed by atoms with E-state index in [4.69, 9.17) is 4.74 Å². The van der Waals surface area contributed by atoms with Crippen molar-refractivity contribution in [2.24, 2.45) is 0 Å². The zero-order chi connectivity index (χ0) is 19.3. The predicted octanol–water partition coefficient (Wildman–Crippen LogP) is 0.725. The van der Waals surface area contributed by atoms with Crippen LogP contribution in [0.15, 0.2) is 41.6 Å². The molecule has 0 aliphatic carbocycles. The fourth-order valence-corrected chi connectivity index (χ4v) is 3.66. The van der Waals surface area contributed by atoms with E-state index < -0.39 is 15.8 Å². The Morgan fingerprint density at radius 2 is 1.85 bits per heavy atom. The van der Waals surface area contributed by atoms with Gasteiger partial charge in [-0.1, -0.05) is 0 Å². The molecule has 1 saturated heterocycles. The van der Waals surface area contributed by atoms with Gasteiger partial charge in [0.2, 0.25) is 15.9 Å². The van der Waals surface area contributed by atoms with E-state index in [2.05, 4.69) is 31.5 Å². The summed E-state index contributed by atoms with van der Waals surface area (Å²) in [5.41, 5.74) is 0. The molecule has 1 aliphatic heterocycles. The number of hydrogen-bond donors (Lipinski definition) is 1. The van der Waals surface area contributed by atoms with E-state index in [9.17, 15) is 12.8 Å². The first-order valence-corrected chi connectivity index (χ1v) is 10.1. The van der Waals surface area contributed by atoms with Crippen LogP contribution in [0, 0.1) is 5.82 Å². The lowest BCUT2D eigenvalue weighted by Crippen LogP contribution is -2.44. The van der Waals surface area contributed by atoms with E-state index in [0.717, 1.165) is 44.1 Å². The summed E-state index contributed by atoms with van der Waals surface area (Å²) in [4.78, 5) is 12.8. The number of benzene rings is 1. The van der Waals surface area contributed by atoms with E-state index in [1.165, 1.54) is 18.5 Å². The van der Waals surface area contributed by atoms with Crippen LogP contribution < -0.4 is 14.4 Å². The third-order valence-corrected chi connectivity index (χ3v) is 5.70. The largest absolute Gasteiger partial charge is 0.476 e. The highest BCUT2D eigenvalue weighted by atomic mass is 32.2. The molecule has 3 rings (SSSR count). The van der Waals surface area contributed by atoms with Crippen LogP contribution in [0.4, 0.5) is 10.2 Å². The first-order valence-electron chi connectivity index (χ1n) is 8.57. The zero-order valence-corrected chi connectivity index (χ0v) is 15.8. The van der Waals surface area contributed by atoms with Gasteiger partial charge < -0.3 is 14.5 Å². The molecule has 146 valence electrons. The van der Waals surface area contributed by atoms with Gasteiger partial charge >= 0.3 is 0 Å². The summed E-state index contributed by atoms with van der Waals surface area (Å²) in [6.45, 7) is 3.86. The molecule has 0 atom stereocenters. The molecule has 1 aromatic carbocycles. The van der Waals surface area contributed by atoms with Crippen LogP contribution in [-0.2, 0) is 10.0 Å². The van der Waals surface area contributed by atoms with Crippen LogP contribution in [0.1, 0.15) is 0 Å². The summed E-state index contributed by atoms with van der Waals surface area (Å²) >= 11 is 0. The van der Waals surface area contributed by atoms with E-state index in [-0.39, 0.29) is 18.0 Å². The molecular formula is C17H22FN5O3S. The lowest BCUT2D eigenvalue weighted by Gasteiger charge is -2.33. The number of piperazine rings is 1. The third-order valence-electron chi connectivity index (χ3n) is 4.22. The first-order chi connectivity index (χ1) is 12.9. The van der Waals surface area contributed by atoms with Gasteiger partial charge in [0.25, 0.3) is 0 Å². The Morgan fingerprint density at radius 3 is 2.56 bits per heavy atom. The normalized spacial score (nSPS) is 15.7. The van der Waals surface area contributed by atoms with Gasteiger partial charge in [0.1, 0.15) is 24.6 Å². The monoisotopic (exact) mass is 395 g/mol. The van der Waals surface area contributed by atoms with Crippen molar-refractivity contribution in [3.63, 3.8) is 0 Å². The van der Waals surface area contributed by atoms with Gasteiger partial charge in [0, 0.05) is 38.8 Å². The molecule has 0 spiro atoms. The van der Waals surface area contributed by atoms with Crippen molar-refractivity contribution in [1.82, 2.24) is 19.6 Å². The van der Waals surface area contributed by atoms with Crippen molar-refractivity contribution in [3.05, 3.63) is 42.5 Å². The number of nitrogens with zero attached hydrogens (tertiary/aromatic N) is 4. The van der Waals surface area contributed by atoms with Crippen LogP contribution >= 0.6 is 0 Å². The number of rotatable bonds is 7. The summed E-state index contributed by atoms with van der Waals surface area (Å²) in [6.07, 6.45) is 1.44. The molecule has 8 nitrogen and oxygen atoms in total. The van der Waals surface area contributed by atoms with Gasteiger partial charge in [0.15, 0.2) is 0 Å². The van der Waals surface area contributed by atoms with E-state index >= 15 is 0 Å². The molecule has 1 aromatic heterocycles. The van der Waals surface area contributed by atoms with E-state index in [1.54, 1.807) is 6.07 Å². The number of hydrogen-bond acceptors (Lipinski definition) is 7. The van der Waals surface area contributed by atoms with Crippen LogP contribution in [0.5, 0.6) is 5.88 Å². The molecule has 0 amide bonds. The highest BCUT2D eigenvalue weighted by Gasteiger charge is 2.16. The molecule has 1 N–H and O–H groups in total. The molecule has 0 unspecified atom stereocenters. The molecule has 10 heteroatoms. The van der Waals surface area contributed by atoms with Gasteiger partial charge in [-0.2, -0.15) is 0 Å². The molecular weight excluding hydrogens is 373 g/mol. The van der Waals surface area contributed by atoms with Gasteiger partial charge in [0.05, 0.1) is 4.90 Å². The zero-order valence-electron chi connectivity index (χ0n) is 15.0. The Hall–Kier alpha value is -2.30.